The van der Waals surface area contributed by atoms with Crippen LogP contribution in [0.1, 0.15) is 29.9 Å². The topological polar surface area (TPSA) is 75.0 Å². The normalized spacial score (nSPS) is 20.3. The van der Waals surface area contributed by atoms with Crippen LogP contribution in [0, 0.1) is 0 Å². The van der Waals surface area contributed by atoms with Crippen molar-refractivity contribution in [3.05, 3.63) is 27.4 Å². The molecule has 5 nitrogen and oxygen atoms in total. The molecule has 0 spiro atoms. The lowest BCUT2D eigenvalue weighted by Crippen LogP contribution is -2.37. The third-order valence-corrected chi connectivity index (χ3v) is 3.59. The molecule has 2 aliphatic rings. The maximum absolute atomic E-state index is 12.0. The molecule has 2 heterocycles. The summed E-state index contributed by atoms with van der Waals surface area (Å²) in [7, 11) is 0. The largest absolute Gasteiger partial charge is 0.330 e. The Balaban J connectivity index is 1.89. The third-order valence-electron chi connectivity index (χ3n) is 3.59. The fraction of sp³-hybridized carbons (Fsp3) is 0.667. The van der Waals surface area contributed by atoms with Gasteiger partial charge in [0.1, 0.15) is 5.82 Å². The van der Waals surface area contributed by atoms with Gasteiger partial charge >= 0.3 is 0 Å². The molecule has 0 radical (unpaired) electrons. The van der Waals surface area contributed by atoms with Gasteiger partial charge in [-0.3, -0.25) is 9.69 Å². The van der Waals surface area contributed by atoms with Gasteiger partial charge < -0.3 is 10.7 Å². The lowest BCUT2D eigenvalue weighted by molar-refractivity contribution is 0.239. The molecule has 1 saturated carbocycles. The van der Waals surface area contributed by atoms with E-state index in [1.165, 1.54) is 12.8 Å². The minimum Gasteiger partial charge on any atom is -0.330 e. The molecular formula is C12H18N4O. The number of hydrogen-bond acceptors (Lipinski definition) is 4. The van der Waals surface area contributed by atoms with Gasteiger partial charge in [-0.1, -0.05) is 0 Å². The summed E-state index contributed by atoms with van der Waals surface area (Å²) in [6.07, 6.45) is 4.11. The average molecular weight is 234 g/mol. The highest BCUT2D eigenvalue weighted by molar-refractivity contribution is 5.21. The van der Waals surface area contributed by atoms with E-state index in [9.17, 15) is 4.79 Å². The van der Waals surface area contributed by atoms with Crippen LogP contribution in [0.4, 0.5) is 0 Å². The highest BCUT2D eigenvalue weighted by Gasteiger charge is 2.32. The Hall–Kier alpha value is -1.20. The van der Waals surface area contributed by atoms with Crippen molar-refractivity contribution in [3.63, 3.8) is 0 Å². The molecular weight excluding hydrogens is 216 g/mol. The van der Waals surface area contributed by atoms with E-state index < -0.39 is 0 Å². The van der Waals surface area contributed by atoms with Crippen LogP contribution < -0.4 is 11.3 Å². The molecule has 0 atom stereocenters. The Kier molecular flexibility index (Phi) is 2.72. The van der Waals surface area contributed by atoms with Crippen molar-refractivity contribution in [2.24, 2.45) is 5.73 Å². The molecule has 3 rings (SSSR count). The molecule has 3 N–H and O–H groups in total. The summed E-state index contributed by atoms with van der Waals surface area (Å²) in [6.45, 7) is 2.33. The number of aromatic amines is 1. The first-order valence-corrected chi connectivity index (χ1v) is 6.33. The van der Waals surface area contributed by atoms with Crippen molar-refractivity contribution in [2.75, 3.05) is 13.1 Å². The second-order valence-corrected chi connectivity index (χ2v) is 4.93. The monoisotopic (exact) mass is 234 g/mol. The highest BCUT2D eigenvalue weighted by Crippen LogP contribution is 2.30. The molecule has 1 fully saturated rings. The number of nitrogens with one attached hydrogen (secondary N) is 1. The zero-order valence-corrected chi connectivity index (χ0v) is 9.91. The van der Waals surface area contributed by atoms with E-state index in [0.29, 0.717) is 19.0 Å². The number of fused-ring (bicyclic) bond motifs is 1. The molecule has 0 aromatic carbocycles. The van der Waals surface area contributed by atoms with Gasteiger partial charge in [0.15, 0.2) is 0 Å². The first-order valence-electron chi connectivity index (χ1n) is 6.33. The molecule has 1 aromatic heterocycles. The first-order chi connectivity index (χ1) is 8.28. The number of hydrogen-bond donors (Lipinski definition) is 2. The van der Waals surface area contributed by atoms with Gasteiger partial charge in [-0.2, -0.15) is 0 Å². The molecule has 0 bridgehead atoms. The quantitative estimate of drug-likeness (QED) is 0.759. The van der Waals surface area contributed by atoms with Crippen molar-refractivity contribution in [2.45, 2.75) is 38.3 Å². The molecule has 1 aliphatic carbocycles. The van der Waals surface area contributed by atoms with E-state index in [4.69, 9.17) is 5.73 Å². The van der Waals surface area contributed by atoms with Gasteiger partial charge in [-0.05, 0) is 19.4 Å². The van der Waals surface area contributed by atoms with Crippen LogP contribution in [-0.2, 0) is 19.4 Å². The lowest BCUT2D eigenvalue weighted by Gasteiger charge is -2.27. The highest BCUT2D eigenvalue weighted by atomic mass is 16.1. The summed E-state index contributed by atoms with van der Waals surface area (Å²) in [5, 5.41) is 0. The van der Waals surface area contributed by atoms with Crippen LogP contribution in [0.3, 0.4) is 0 Å². The molecule has 0 saturated heterocycles. The zero-order chi connectivity index (χ0) is 11.8. The van der Waals surface area contributed by atoms with Crippen molar-refractivity contribution in [1.82, 2.24) is 14.9 Å². The fourth-order valence-corrected chi connectivity index (χ4v) is 2.50. The Labute approximate surface area is 100 Å². The minimum absolute atomic E-state index is 0.0313. The van der Waals surface area contributed by atoms with E-state index >= 15 is 0 Å². The average Bonchev–Trinajstić information content (AvgIpc) is 3.13. The van der Waals surface area contributed by atoms with Crippen LogP contribution in [0.25, 0.3) is 0 Å². The summed E-state index contributed by atoms with van der Waals surface area (Å²) < 4.78 is 0. The summed E-state index contributed by atoms with van der Waals surface area (Å²) in [4.78, 5) is 21.7. The van der Waals surface area contributed by atoms with E-state index in [-0.39, 0.29) is 5.56 Å². The van der Waals surface area contributed by atoms with Gasteiger partial charge in [0.25, 0.3) is 5.56 Å². The zero-order valence-electron chi connectivity index (χ0n) is 9.91. The van der Waals surface area contributed by atoms with Crippen LogP contribution in [0.15, 0.2) is 4.79 Å². The third kappa shape index (κ3) is 2.12. The van der Waals surface area contributed by atoms with Crippen LogP contribution >= 0.6 is 0 Å². The van der Waals surface area contributed by atoms with E-state index in [0.717, 1.165) is 36.6 Å². The number of nitrogens with zero attached hydrogens (tertiary/aromatic N) is 2. The standard InChI is InChI=1S/C12H18N4O/c13-5-3-11-14-10-4-6-16(8-1-2-8)7-9(10)12(17)15-11/h8H,1-7,13H2,(H,14,15,17). The number of aromatic nitrogens is 2. The number of nitrogens with two attached hydrogens (primary N) is 1. The van der Waals surface area contributed by atoms with Gasteiger partial charge in [0.2, 0.25) is 0 Å². The molecule has 17 heavy (non-hydrogen) atoms. The molecule has 1 aromatic rings. The van der Waals surface area contributed by atoms with Gasteiger partial charge in [0, 0.05) is 32.0 Å². The van der Waals surface area contributed by atoms with Crippen molar-refractivity contribution in [3.8, 4) is 0 Å². The summed E-state index contributed by atoms with van der Waals surface area (Å²) >= 11 is 0. The molecule has 92 valence electrons. The summed E-state index contributed by atoms with van der Waals surface area (Å²) in [6, 6.07) is 0.714. The first kappa shape index (κ1) is 10.9. The van der Waals surface area contributed by atoms with Crippen LogP contribution in [0.2, 0.25) is 0 Å². The summed E-state index contributed by atoms with van der Waals surface area (Å²) in [5.74, 6) is 0.733. The SMILES string of the molecule is NCCc1nc2c(c(=O)[nH]1)CN(C1CC1)CC2. The van der Waals surface area contributed by atoms with Crippen molar-refractivity contribution in [1.29, 1.82) is 0 Å². The second-order valence-electron chi connectivity index (χ2n) is 4.93. The van der Waals surface area contributed by atoms with E-state index in [1.807, 2.05) is 0 Å². The summed E-state index contributed by atoms with van der Waals surface area (Å²) in [5.41, 5.74) is 7.36. The van der Waals surface area contributed by atoms with Crippen LogP contribution in [0.5, 0.6) is 0 Å². The van der Waals surface area contributed by atoms with E-state index in [2.05, 4.69) is 14.9 Å². The van der Waals surface area contributed by atoms with E-state index in [1.54, 1.807) is 0 Å². The van der Waals surface area contributed by atoms with Crippen molar-refractivity contribution >= 4 is 0 Å². The Morgan fingerprint density at radius 2 is 2.29 bits per heavy atom. The lowest BCUT2D eigenvalue weighted by atomic mass is 10.1. The minimum atomic E-state index is 0.0313. The second kappa shape index (κ2) is 4.23. The predicted molar refractivity (Wildman–Crippen MR) is 64.8 cm³/mol. The molecule has 5 heteroatoms. The molecule has 1 aliphatic heterocycles. The van der Waals surface area contributed by atoms with Crippen LogP contribution in [-0.4, -0.2) is 34.0 Å². The molecule has 0 unspecified atom stereocenters. The number of H-pyrrole nitrogens is 1. The Morgan fingerprint density at radius 1 is 1.47 bits per heavy atom. The fourth-order valence-electron chi connectivity index (χ4n) is 2.50. The van der Waals surface area contributed by atoms with Gasteiger partial charge in [0.05, 0.1) is 11.3 Å². The number of rotatable bonds is 3. The maximum Gasteiger partial charge on any atom is 0.255 e. The maximum atomic E-state index is 12.0. The molecule has 0 amide bonds. The smallest absolute Gasteiger partial charge is 0.255 e. The predicted octanol–water partition coefficient (Wildman–Crippen LogP) is -0.208. The Morgan fingerprint density at radius 3 is 3.00 bits per heavy atom. The van der Waals surface area contributed by atoms with Gasteiger partial charge in [-0.25, -0.2) is 4.98 Å². The van der Waals surface area contributed by atoms with Crippen molar-refractivity contribution < 1.29 is 0 Å². The Bertz CT molecular complexity index is 478. The van der Waals surface area contributed by atoms with Gasteiger partial charge in [-0.15, -0.1) is 0 Å².